The van der Waals surface area contributed by atoms with Gasteiger partial charge < -0.3 is 19.0 Å². The van der Waals surface area contributed by atoms with E-state index >= 15 is 0 Å². The van der Waals surface area contributed by atoms with Crippen LogP contribution in [0.4, 0.5) is 10.1 Å². The third-order valence-corrected chi connectivity index (χ3v) is 5.24. The number of nitrogens with zero attached hydrogens (tertiary/aromatic N) is 3. The third-order valence-electron chi connectivity index (χ3n) is 5.24. The van der Waals surface area contributed by atoms with Crippen molar-refractivity contribution in [1.82, 2.24) is 10.2 Å². The summed E-state index contributed by atoms with van der Waals surface area (Å²) in [6.45, 7) is 4.47. The van der Waals surface area contributed by atoms with E-state index in [4.69, 9.17) is 9.15 Å². The first-order valence-electron chi connectivity index (χ1n) is 9.91. The molecule has 158 valence electrons. The van der Waals surface area contributed by atoms with Crippen molar-refractivity contribution in [2.45, 2.75) is 13.0 Å². The highest BCUT2D eigenvalue weighted by Gasteiger charge is 2.43. The summed E-state index contributed by atoms with van der Waals surface area (Å²) in [5.41, 5.74) is 0.946. The molecule has 0 bridgehead atoms. The summed E-state index contributed by atoms with van der Waals surface area (Å²) >= 11 is 0. The van der Waals surface area contributed by atoms with E-state index in [2.05, 4.69) is 15.2 Å². The summed E-state index contributed by atoms with van der Waals surface area (Å²) in [5, 5.41) is 2.76. The maximum Gasteiger partial charge on any atom is 0.321 e. The van der Waals surface area contributed by atoms with E-state index in [0.29, 0.717) is 37.9 Å². The van der Waals surface area contributed by atoms with Crippen LogP contribution in [0.1, 0.15) is 18.7 Å². The van der Waals surface area contributed by atoms with E-state index in [1.165, 1.54) is 18.4 Å². The van der Waals surface area contributed by atoms with Crippen LogP contribution in [0.2, 0.25) is 0 Å². The fraction of sp³-hybridized carbons (Fsp3) is 0.381. The number of hydrogen-bond donors (Lipinski definition) is 1. The van der Waals surface area contributed by atoms with Gasteiger partial charge in [0.15, 0.2) is 5.92 Å². The van der Waals surface area contributed by atoms with Crippen LogP contribution in [0.25, 0.3) is 0 Å². The molecule has 1 N–H and O–H groups in total. The van der Waals surface area contributed by atoms with Crippen LogP contribution in [-0.4, -0.2) is 55.5 Å². The first-order chi connectivity index (χ1) is 14.6. The minimum Gasteiger partial charge on any atom is -0.467 e. The average Bonchev–Trinajstić information content (AvgIpc) is 3.29. The molecule has 30 heavy (non-hydrogen) atoms. The third kappa shape index (κ3) is 4.00. The highest BCUT2D eigenvalue weighted by molar-refractivity contribution is 6.08. The van der Waals surface area contributed by atoms with Gasteiger partial charge in [0, 0.05) is 31.9 Å². The molecule has 9 heteroatoms. The predicted molar refractivity (Wildman–Crippen MR) is 107 cm³/mol. The number of furan rings is 1. The Bertz CT molecular complexity index is 921. The van der Waals surface area contributed by atoms with Crippen molar-refractivity contribution in [2.24, 2.45) is 10.9 Å². The van der Waals surface area contributed by atoms with Gasteiger partial charge in [-0.05, 0) is 43.3 Å². The van der Waals surface area contributed by atoms with Gasteiger partial charge in [-0.25, -0.2) is 9.38 Å². The Hall–Kier alpha value is -3.36. The molecule has 2 atom stereocenters. The molecular formula is C21H23FN4O4. The van der Waals surface area contributed by atoms with Crippen molar-refractivity contribution in [2.75, 3.05) is 37.7 Å². The van der Waals surface area contributed by atoms with Crippen LogP contribution in [-0.2, 0) is 14.3 Å². The number of esters is 1. The lowest BCUT2D eigenvalue weighted by molar-refractivity contribution is -0.153. The normalized spacial score (nSPS) is 21.8. The van der Waals surface area contributed by atoms with Gasteiger partial charge in [-0.15, -0.1) is 0 Å². The van der Waals surface area contributed by atoms with Gasteiger partial charge in [-0.1, -0.05) is 0 Å². The van der Waals surface area contributed by atoms with Crippen LogP contribution in [0, 0.1) is 11.7 Å². The molecule has 2 aromatic rings. The van der Waals surface area contributed by atoms with Crippen molar-refractivity contribution in [3.8, 4) is 0 Å². The number of carbonyl (C=O) groups is 2. The lowest BCUT2D eigenvalue weighted by Crippen LogP contribution is -2.57. The van der Waals surface area contributed by atoms with Gasteiger partial charge in [-0.3, -0.25) is 14.9 Å². The molecule has 2 unspecified atom stereocenters. The van der Waals surface area contributed by atoms with Crippen molar-refractivity contribution >= 4 is 23.5 Å². The number of hydrogen-bond acceptors (Lipinski definition) is 7. The molecule has 0 spiro atoms. The fourth-order valence-electron chi connectivity index (χ4n) is 3.71. The van der Waals surface area contributed by atoms with Crippen molar-refractivity contribution in [1.29, 1.82) is 0 Å². The highest BCUT2D eigenvalue weighted by Crippen LogP contribution is 2.31. The molecule has 1 saturated heterocycles. The molecule has 1 fully saturated rings. The molecule has 2 aliphatic heterocycles. The van der Waals surface area contributed by atoms with Crippen LogP contribution in [0.3, 0.4) is 0 Å². The monoisotopic (exact) mass is 414 g/mol. The maximum absolute atomic E-state index is 13.2. The molecule has 3 heterocycles. The zero-order valence-corrected chi connectivity index (χ0v) is 16.6. The molecule has 0 saturated carbocycles. The van der Waals surface area contributed by atoms with E-state index in [0.717, 1.165) is 5.69 Å². The summed E-state index contributed by atoms with van der Waals surface area (Å²) < 4.78 is 23.7. The number of rotatable bonds is 4. The van der Waals surface area contributed by atoms with E-state index in [-0.39, 0.29) is 12.4 Å². The van der Waals surface area contributed by atoms with Crippen LogP contribution < -0.4 is 10.2 Å². The van der Waals surface area contributed by atoms with Gasteiger partial charge in [-0.2, -0.15) is 0 Å². The van der Waals surface area contributed by atoms with Gasteiger partial charge in [0.1, 0.15) is 17.6 Å². The molecule has 8 nitrogen and oxygen atoms in total. The van der Waals surface area contributed by atoms with E-state index in [9.17, 15) is 14.0 Å². The van der Waals surface area contributed by atoms with Crippen LogP contribution >= 0.6 is 0 Å². The SMILES string of the molecule is CCOC(=O)C1C(=O)NC(N2CCN(c3ccc(F)cc3)CC2)=NC1c1ccco1. The number of halogens is 1. The van der Waals surface area contributed by atoms with E-state index in [1.807, 2.05) is 4.90 Å². The lowest BCUT2D eigenvalue weighted by atomic mass is 9.95. The van der Waals surface area contributed by atoms with Crippen molar-refractivity contribution in [3.63, 3.8) is 0 Å². The average molecular weight is 414 g/mol. The molecule has 0 aliphatic carbocycles. The zero-order chi connectivity index (χ0) is 21.1. The Morgan fingerprint density at radius 1 is 1.20 bits per heavy atom. The Morgan fingerprint density at radius 3 is 2.53 bits per heavy atom. The fourth-order valence-corrected chi connectivity index (χ4v) is 3.71. The minimum absolute atomic E-state index is 0.176. The topological polar surface area (TPSA) is 87.4 Å². The number of piperazine rings is 1. The second kappa shape index (κ2) is 8.56. The molecule has 1 aromatic heterocycles. The standard InChI is InChI=1S/C21H23FN4O4/c1-2-29-20(28)17-18(16-4-3-13-30-16)23-21(24-19(17)27)26-11-9-25(10-12-26)15-7-5-14(22)6-8-15/h3-8,13,17-18H,2,9-12H2,1H3,(H,23,24,27). The second-order valence-electron chi connectivity index (χ2n) is 7.08. The summed E-state index contributed by atoms with van der Waals surface area (Å²) in [4.78, 5) is 33.9. The molecule has 4 rings (SSSR count). The van der Waals surface area contributed by atoms with Gasteiger partial charge in [0.25, 0.3) is 0 Å². The number of guanidine groups is 1. The molecule has 0 radical (unpaired) electrons. The minimum atomic E-state index is -1.10. The molecule has 1 amide bonds. The van der Waals surface area contributed by atoms with Crippen molar-refractivity contribution in [3.05, 3.63) is 54.2 Å². The Kier molecular flexibility index (Phi) is 5.69. The summed E-state index contributed by atoms with van der Waals surface area (Å²) in [5.74, 6) is -1.59. The first-order valence-corrected chi connectivity index (χ1v) is 9.91. The van der Waals surface area contributed by atoms with Gasteiger partial charge in [0.2, 0.25) is 11.9 Å². The number of aliphatic imine (C=N–C) groups is 1. The lowest BCUT2D eigenvalue weighted by Gasteiger charge is -2.39. The molecule has 2 aliphatic rings. The quantitative estimate of drug-likeness (QED) is 0.608. The summed E-state index contributed by atoms with van der Waals surface area (Å²) in [6.07, 6.45) is 1.49. The highest BCUT2D eigenvalue weighted by atomic mass is 19.1. The smallest absolute Gasteiger partial charge is 0.321 e. The molecule has 1 aromatic carbocycles. The van der Waals surface area contributed by atoms with Gasteiger partial charge >= 0.3 is 5.97 Å². The molecular weight excluding hydrogens is 391 g/mol. The Balaban J connectivity index is 1.51. The Morgan fingerprint density at radius 2 is 1.90 bits per heavy atom. The summed E-state index contributed by atoms with van der Waals surface area (Å²) in [7, 11) is 0. The number of nitrogens with one attached hydrogen (secondary N) is 1. The Labute approximate surface area is 173 Å². The van der Waals surface area contributed by atoms with Crippen LogP contribution in [0.15, 0.2) is 52.1 Å². The number of amides is 1. The largest absolute Gasteiger partial charge is 0.467 e. The van der Waals surface area contributed by atoms with E-state index in [1.54, 1.807) is 31.2 Å². The number of benzene rings is 1. The second-order valence-corrected chi connectivity index (χ2v) is 7.08. The first kappa shape index (κ1) is 19.9. The number of anilines is 1. The maximum atomic E-state index is 13.2. The number of ether oxygens (including phenoxy) is 1. The van der Waals surface area contributed by atoms with Gasteiger partial charge in [0.05, 0.1) is 12.9 Å². The van der Waals surface area contributed by atoms with Crippen molar-refractivity contribution < 1.29 is 23.1 Å². The summed E-state index contributed by atoms with van der Waals surface area (Å²) in [6, 6.07) is 9.00. The predicted octanol–water partition coefficient (Wildman–Crippen LogP) is 1.95. The van der Waals surface area contributed by atoms with E-state index < -0.39 is 23.8 Å². The zero-order valence-electron chi connectivity index (χ0n) is 16.6. The number of carbonyl (C=O) groups excluding carboxylic acids is 2. The van der Waals surface area contributed by atoms with Crippen LogP contribution in [0.5, 0.6) is 0 Å².